The molecule has 1 unspecified atom stereocenters. The molecule has 1 aromatic carbocycles. The van der Waals surface area contributed by atoms with Crippen LogP contribution in [0.4, 0.5) is 19.3 Å². The Morgan fingerprint density at radius 1 is 1.20 bits per heavy atom. The number of carbonyl (C=O) groups is 1. The maximum Gasteiger partial charge on any atom is 0.407 e. The van der Waals surface area contributed by atoms with Gasteiger partial charge in [-0.25, -0.2) is 18.6 Å². The molecule has 0 aliphatic carbocycles. The molecule has 2 aromatic heterocycles. The first-order valence-corrected chi connectivity index (χ1v) is 11.1. The summed E-state index contributed by atoms with van der Waals surface area (Å²) >= 11 is 0. The lowest BCUT2D eigenvalue weighted by molar-refractivity contribution is 0.148. The summed E-state index contributed by atoms with van der Waals surface area (Å²) in [5.74, 6) is -1.53. The third-order valence-electron chi connectivity index (χ3n) is 6.19. The number of hydrogen-bond donors (Lipinski definition) is 2. The minimum Gasteiger partial charge on any atom is -0.481 e. The van der Waals surface area contributed by atoms with E-state index in [2.05, 4.69) is 15.3 Å². The van der Waals surface area contributed by atoms with Gasteiger partial charge in [-0.1, -0.05) is 0 Å². The van der Waals surface area contributed by atoms with E-state index in [0.29, 0.717) is 59.9 Å². The molecular weight excluding hydrogens is 458 g/mol. The molecule has 1 amide bonds. The predicted octanol–water partition coefficient (Wildman–Crippen LogP) is 3.77. The number of nitrogens with zero attached hydrogens (tertiary/aromatic N) is 3. The standard InChI is InChI=1S/C25H26F2N4O4/c1-34-23-18(5-3-9-28-23)25(30-24(33)35-2)8-4-10-31(15-25)22-13-29-21(12-17(22)14-32)16-6-7-19(26)20(27)11-16/h3,5-7,9,11-13,32H,4,8,10,14-15H2,1-2H3,(H,30,33). The van der Waals surface area contributed by atoms with Crippen LogP contribution in [0.1, 0.15) is 24.0 Å². The molecule has 1 aliphatic heterocycles. The number of ether oxygens (including phenoxy) is 2. The fourth-order valence-corrected chi connectivity index (χ4v) is 4.53. The van der Waals surface area contributed by atoms with E-state index >= 15 is 0 Å². The second kappa shape index (κ2) is 10.2. The van der Waals surface area contributed by atoms with Gasteiger partial charge in [-0.2, -0.15) is 0 Å². The molecule has 2 N–H and O–H groups in total. The Morgan fingerprint density at radius 3 is 2.74 bits per heavy atom. The number of halogens is 2. The third-order valence-corrected chi connectivity index (χ3v) is 6.19. The number of carbonyl (C=O) groups excluding carboxylic acids is 1. The van der Waals surface area contributed by atoms with Gasteiger partial charge in [0.1, 0.15) is 0 Å². The zero-order valence-electron chi connectivity index (χ0n) is 19.4. The Hall–Kier alpha value is -3.79. The summed E-state index contributed by atoms with van der Waals surface area (Å²) in [6.45, 7) is 0.689. The van der Waals surface area contributed by atoms with Crippen LogP contribution < -0.4 is 15.0 Å². The summed E-state index contributed by atoms with van der Waals surface area (Å²) in [5.41, 5.74) is 1.85. The molecule has 0 spiro atoms. The van der Waals surface area contributed by atoms with Crippen LogP contribution in [0.15, 0.2) is 48.8 Å². The quantitative estimate of drug-likeness (QED) is 0.550. The second-order valence-corrected chi connectivity index (χ2v) is 8.27. The Morgan fingerprint density at radius 2 is 2.03 bits per heavy atom. The molecule has 35 heavy (non-hydrogen) atoms. The monoisotopic (exact) mass is 484 g/mol. The summed E-state index contributed by atoms with van der Waals surface area (Å²) in [5, 5.41) is 13.1. The summed E-state index contributed by atoms with van der Waals surface area (Å²) in [6.07, 6.45) is 3.93. The number of aliphatic hydroxyl groups is 1. The lowest BCUT2D eigenvalue weighted by Gasteiger charge is -2.44. The van der Waals surface area contributed by atoms with Crippen LogP contribution in [0, 0.1) is 11.6 Å². The normalized spacial score (nSPS) is 17.7. The Labute approximate surface area is 201 Å². The van der Waals surface area contributed by atoms with Gasteiger partial charge in [0.2, 0.25) is 5.88 Å². The first-order chi connectivity index (χ1) is 16.9. The number of anilines is 1. The summed E-state index contributed by atoms with van der Waals surface area (Å²) in [7, 11) is 2.82. The number of aromatic nitrogens is 2. The first-order valence-electron chi connectivity index (χ1n) is 11.1. The fourth-order valence-electron chi connectivity index (χ4n) is 4.53. The summed E-state index contributed by atoms with van der Waals surface area (Å²) in [4.78, 5) is 23.1. The van der Waals surface area contributed by atoms with Crippen LogP contribution in [0.25, 0.3) is 11.3 Å². The van der Waals surface area contributed by atoms with Crippen molar-refractivity contribution in [2.24, 2.45) is 0 Å². The van der Waals surface area contributed by atoms with E-state index in [-0.39, 0.29) is 6.61 Å². The molecule has 184 valence electrons. The van der Waals surface area contributed by atoms with Crippen molar-refractivity contribution in [3.8, 4) is 17.1 Å². The van der Waals surface area contributed by atoms with Gasteiger partial charge in [0.15, 0.2) is 11.6 Å². The van der Waals surface area contributed by atoms with E-state index in [1.165, 1.54) is 20.3 Å². The van der Waals surface area contributed by atoms with Gasteiger partial charge in [-0.3, -0.25) is 4.98 Å². The average Bonchev–Trinajstić information content (AvgIpc) is 2.89. The first kappa shape index (κ1) is 24.3. The van der Waals surface area contributed by atoms with Crippen LogP contribution in [0.5, 0.6) is 5.88 Å². The Balaban J connectivity index is 1.72. The van der Waals surface area contributed by atoms with Crippen LogP contribution in [-0.2, 0) is 16.9 Å². The van der Waals surface area contributed by atoms with Crippen molar-refractivity contribution >= 4 is 11.8 Å². The number of piperidine rings is 1. The number of aliphatic hydroxyl groups excluding tert-OH is 1. The van der Waals surface area contributed by atoms with Gasteiger partial charge in [0.05, 0.1) is 43.9 Å². The van der Waals surface area contributed by atoms with Crippen LogP contribution in [-0.4, -0.2) is 48.5 Å². The molecule has 0 radical (unpaired) electrons. The van der Waals surface area contributed by atoms with Gasteiger partial charge in [-0.05, 0) is 49.2 Å². The molecule has 0 bridgehead atoms. The van der Waals surface area contributed by atoms with Gasteiger partial charge >= 0.3 is 6.09 Å². The van der Waals surface area contributed by atoms with Crippen molar-refractivity contribution in [1.29, 1.82) is 0 Å². The van der Waals surface area contributed by atoms with Crippen LogP contribution in [0.2, 0.25) is 0 Å². The molecular formula is C25H26F2N4O4. The highest BCUT2D eigenvalue weighted by Gasteiger charge is 2.42. The molecule has 1 saturated heterocycles. The number of pyridine rings is 2. The largest absolute Gasteiger partial charge is 0.481 e. The second-order valence-electron chi connectivity index (χ2n) is 8.27. The van der Waals surface area contributed by atoms with Crippen LogP contribution in [0.3, 0.4) is 0 Å². The van der Waals surface area contributed by atoms with E-state index < -0.39 is 23.3 Å². The minimum absolute atomic E-state index is 0.293. The highest BCUT2D eigenvalue weighted by molar-refractivity contribution is 5.70. The van der Waals surface area contributed by atoms with Crippen molar-refractivity contribution in [1.82, 2.24) is 15.3 Å². The zero-order valence-corrected chi connectivity index (χ0v) is 19.4. The van der Waals surface area contributed by atoms with Crippen molar-refractivity contribution in [2.75, 3.05) is 32.2 Å². The van der Waals surface area contributed by atoms with Crippen molar-refractivity contribution in [2.45, 2.75) is 25.0 Å². The SMILES string of the molecule is COC(=O)NC1(c2cccnc2OC)CCCN(c2cnc(-c3ccc(F)c(F)c3)cc2CO)C1. The molecule has 1 fully saturated rings. The topological polar surface area (TPSA) is 96.8 Å². The van der Waals surface area contributed by atoms with E-state index in [4.69, 9.17) is 9.47 Å². The highest BCUT2D eigenvalue weighted by Crippen LogP contribution is 2.39. The smallest absolute Gasteiger partial charge is 0.407 e. The van der Waals surface area contributed by atoms with Gasteiger partial charge < -0.3 is 24.8 Å². The number of benzene rings is 1. The number of alkyl carbamates (subject to hydrolysis) is 1. The molecule has 3 heterocycles. The predicted molar refractivity (Wildman–Crippen MR) is 125 cm³/mol. The van der Waals surface area contributed by atoms with E-state index in [9.17, 15) is 18.7 Å². The fraction of sp³-hybridized carbons (Fsp3) is 0.320. The molecule has 8 nitrogen and oxygen atoms in total. The van der Waals surface area contributed by atoms with Crippen molar-refractivity contribution in [3.63, 3.8) is 0 Å². The third kappa shape index (κ3) is 4.88. The maximum atomic E-state index is 13.7. The van der Waals surface area contributed by atoms with Gasteiger partial charge in [-0.15, -0.1) is 0 Å². The number of nitrogens with one attached hydrogen (secondary N) is 1. The molecule has 1 atom stereocenters. The number of rotatable bonds is 6. The number of amides is 1. The molecule has 1 aliphatic rings. The van der Waals surface area contributed by atoms with Gasteiger partial charge in [0, 0.05) is 36.0 Å². The molecule has 10 heteroatoms. The maximum absolute atomic E-state index is 13.7. The lowest BCUT2D eigenvalue weighted by Crippen LogP contribution is -2.57. The lowest BCUT2D eigenvalue weighted by atomic mass is 9.82. The van der Waals surface area contributed by atoms with E-state index in [1.807, 2.05) is 11.0 Å². The number of methoxy groups -OCH3 is 2. The molecule has 0 saturated carbocycles. The Kier molecular flexibility index (Phi) is 7.11. The summed E-state index contributed by atoms with van der Waals surface area (Å²) < 4.78 is 37.5. The van der Waals surface area contributed by atoms with E-state index in [1.54, 1.807) is 24.5 Å². The average molecular weight is 485 g/mol. The number of hydrogen-bond acceptors (Lipinski definition) is 7. The van der Waals surface area contributed by atoms with Gasteiger partial charge in [0.25, 0.3) is 0 Å². The van der Waals surface area contributed by atoms with Crippen LogP contribution >= 0.6 is 0 Å². The minimum atomic E-state index is -0.973. The van der Waals surface area contributed by atoms with E-state index in [0.717, 1.165) is 12.1 Å². The molecule has 4 rings (SSSR count). The highest BCUT2D eigenvalue weighted by atomic mass is 19.2. The summed E-state index contributed by atoms with van der Waals surface area (Å²) in [6, 6.07) is 8.81. The van der Waals surface area contributed by atoms with Crippen molar-refractivity contribution < 1.29 is 28.2 Å². The van der Waals surface area contributed by atoms with Crippen molar-refractivity contribution in [3.05, 3.63) is 71.6 Å². The zero-order chi connectivity index (χ0) is 25.0. The Bertz CT molecular complexity index is 1230. The molecule has 3 aromatic rings.